The van der Waals surface area contributed by atoms with Crippen molar-refractivity contribution in [1.29, 1.82) is 0 Å². The van der Waals surface area contributed by atoms with Crippen molar-refractivity contribution >= 4 is 16.6 Å². The van der Waals surface area contributed by atoms with Crippen LogP contribution >= 0.6 is 0 Å². The van der Waals surface area contributed by atoms with Gasteiger partial charge in [-0.2, -0.15) is 0 Å². The van der Waals surface area contributed by atoms with Gasteiger partial charge in [-0.15, -0.1) is 5.10 Å². The Morgan fingerprint density at radius 3 is 2.43 bits per heavy atom. The maximum Gasteiger partial charge on any atom is 0.215 e. The molecular weight excluding hydrogens is 286 g/mol. The Balaban J connectivity index is 1.76. The maximum atomic E-state index is 12.8. The van der Waals surface area contributed by atoms with E-state index in [0.29, 0.717) is 11.3 Å². The third-order valence-electron chi connectivity index (χ3n) is 3.78. The van der Waals surface area contributed by atoms with Crippen LogP contribution in [0.1, 0.15) is 16.1 Å². The number of benzene rings is 3. The van der Waals surface area contributed by atoms with Crippen LogP contribution in [0.25, 0.3) is 16.5 Å². The number of fused-ring (bicyclic) bond motifs is 1. The standard InChI is InChI=1S/C19H13N3O/c23-19(17-12-6-8-14-7-4-5-11-16(14)17)18-13-22(21-20-18)15-9-2-1-3-10-15/h1-13H. The molecule has 0 aliphatic carbocycles. The molecule has 0 saturated heterocycles. The lowest BCUT2D eigenvalue weighted by molar-refractivity contribution is 0.103. The van der Waals surface area contributed by atoms with E-state index < -0.39 is 0 Å². The lowest BCUT2D eigenvalue weighted by atomic mass is 10.0. The molecular formula is C19H13N3O. The summed E-state index contributed by atoms with van der Waals surface area (Å²) in [5.74, 6) is -0.121. The van der Waals surface area contributed by atoms with E-state index in [-0.39, 0.29) is 5.78 Å². The van der Waals surface area contributed by atoms with Gasteiger partial charge in [0.2, 0.25) is 5.78 Å². The largest absolute Gasteiger partial charge is 0.287 e. The van der Waals surface area contributed by atoms with Crippen molar-refractivity contribution in [2.45, 2.75) is 0 Å². The number of rotatable bonds is 3. The van der Waals surface area contributed by atoms with Gasteiger partial charge in [0.15, 0.2) is 5.69 Å². The molecule has 23 heavy (non-hydrogen) atoms. The van der Waals surface area contributed by atoms with Gasteiger partial charge < -0.3 is 0 Å². The number of nitrogens with zero attached hydrogens (tertiary/aromatic N) is 3. The number of hydrogen-bond acceptors (Lipinski definition) is 3. The van der Waals surface area contributed by atoms with Crippen molar-refractivity contribution in [3.8, 4) is 5.69 Å². The number of carbonyl (C=O) groups is 1. The molecule has 0 saturated carbocycles. The van der Waals surface area contributed by atoms with E-state index in [0.717, 1.165) is 16.5 Å². The molecule has 1 heterocycles. The molecule has 4 heteroatoms. The fraction of sp³-hybridized carbons (Fsp3) is 0. The van der Waals surface area contributed by atoms with Gasteiger partial charge in [0.25, 0.3) is 0 Å². The first kappa shape index (κ1) is 13.4. The average molecular weight is 299 g/mol. The van der Waals surface area contributed by atoms with Crippen molar-refractivity contribution in [3.63, 3.8) is 0 Å². The number of carbonyl (C=O) groups excluding carboxylic acids is 1. The van der Waals surface area contributed by atoms with Gasteiger partial charge in [0, 0.05) is 5.56 Å². The van der Waals surface area contributed by atoms with Crippen molar-refractivity contribution in [2.24, 2.45) is 0 Å². The maximum absolute atomic E-state index is 12.8. The van der Waals surface area contributed by atoms with Gasteiger partial charge >= 0.3 is 0 Å². The topological polar surface area (TPSA) is 47.8 Å². The van der Waals surface area contributed by atoms with Crippen LogP contribution in [0.4, 0.5) is 0 Å². The van der Waals surface area contributed by atoms with Gasteiger partial charge in [-0.25, -0.2) is 4.68 Å². The highest BCUT2D eigenvalue weighted by Gasteiger charge is 2.16. The average Bonchev–Trinajstić information content (AvgIpc) is 3.11. The van der Waals surface area contributed by atoms with Crippen molar-refractivity contribution in [2.75, 3.05) is 0 Å². The van der Waals surface area contributed by atoms with Crippen molar-refractivity contribution in [3.05, 3.63) is 90.3 Å². The molecule has 110 valence electrons. The van der Waals surface area contributed by atoms with Gasteiger partial charge in [-0.05, 0) is 22.9 Å². The van der Waals surface area contributed by atoms with Crippen LogP contribution in [0.15, 0.2) is 79.0 Å². The smallest absolute Gasteiger partial charge is 0.215 e. The second-order valence-electron chi connectivity index (χ2n) is 5.24. The van der Waals surface area contributed by atoms with Crippen LogP contribution in [0.3, 0.4) is 0 Å². The summed E-state index contributed by atoms with van der Waals surface area (Å²) < 4.78 is 1.61. The predicted molar refractivity (Wildman–Crippen MR) is 88.7 cm³/mol. The quantitative estimate of drug-likeness (QED) is 0.542. The summed E-state index contributed by atoms with van der Waals surface area (Å²) in [6, 6.07) is 23.1. The van der Waals surface area contributed by atoms with Crippen molar-refractivity contribution < 1.29 is 4.79 Å². The highest BCUT2D eigenvalue weighted by atomic mass is 16.1. The number of hydrogen-bond donors (Lipinski definition) is 0. The highest BCUT2D eigenvalue weighted by Crippen LogP contribution is 2.21. The Morgan fingerprint density at radius 2 is 1.57 bits per heavy atom. The third kappa shape index (κ3) is 2.40. The van der Waals surface area contributed by atoms with Gasteiger partial charge in [0.05, 0.1) is 11.9 Å². The summed E-state index contributed by atoms with van der Waals surface area (Å²) in [4.78, 5) is 12.8. The Labute approximate surface area is 133 Å². The summed E-state index contributed by atoms with van der Waals surface area (Å²) in [6.45, 7) is 0. The second kappa shape index (κ2) is 5.50. The molecule has 0 radical (unpaired) electrons. The molecule has 0 aliphatic heterocycles. The van der Waals surface area contributed by atoms with Crippen LogP contribution < -0.4 is 0 Å². The minimum Gasteiger partial charge on any atom is -0.287 e. The Kier molecular flexibility index (Phi) is 3.20. The minimum atomic E-state index is -0.121. The SMILES string of the molecule is O=C(c1cn(-c2ccccc2)nn1)c1cccc2ccccc12. The van der Waals surface area contributed by atoms with E-state index in [2.05, 4.69) is 10.3 Å². The molecule has 0 N–H and O–H groups in total. The highest BCUT2D eigenvalue weighted by molar-refractivity contribution is 6.15. The number of aromatic nitrogens is 3. The summed E-state index contributed by atoms with van der Waals surface area (Å²) in [7, 11) is 0. The molecule has 4 nitrogen and oxygen atoms in total. The lowest BCUT2D eigenvalue weighted by Crippen LogP contribution is -2.02. The summed E-state index contributed by atoms with van der Waals surface area (Å²) >= 11 is 0. The van der Waals surface area contributed by atoms with Crippen LogP contribution in [0, 0.1) is 0 Å². The first-order chi connectivity index (χ1) is 11.3. The molecule has 0 bridgehead atoms. The summed E-state index contributed by atoms with van der Waals surface area (Å²) in [6.07, 6.45) is 1.67. The molecule has 0 fully saturated rings. The van der Waals surface area contributed by atoms with E-state index in [1.165, 1.54) is 0 Å². The van der Waals surface area contributed by atoms with E-state index in [9.17, 15) is 4.79 Å². The second-order valence-corrected chi connectivity index (χ2v) is 5.24. The third-order valence-corrected chi connectivity index (χ3v) is 3.78. The summed E-state index contributed by atoms with van der Waals surface area (Å²) in [5.41, 5.74) is 1.85. The van der Waals surface area contributed by atoms with E-state index >= 15 is 0 Å². The van der Waals surface area contributed by atoms with Crippen LogP contribution in [0.5, 0.6) is 0 Å². The Bertz CT molecular complexity index is 984. The molecule has 0 aliphatic rings. The molecule has 0 spiro atoms. The lowest BCUT2D eigenvalue weighted by Gasteiger charge is -2.03. The van der Waals surface area contributed by atoms with Gasteiger partial charge in [0.1, 0.15) is 0 Å². The fourth-order valence-electron chi connectivity index (χ4n) is 2.64. The van der Waals surface area contributed by atoms with Crippen LogP contribution in [0.2, 0.25) is 0 Å². The first-order valence-electron chi connectivity index (χ1n) is 7.33. The monoisotopic (exact) mass is 299 g/mol. The molecule has 0 atom stereocenters. The van der Waals surface area contributed by atoms with Gasteiger partial charge in [-0.1, -0.05) is 65.9 Å². The zero-order chi connectivity index (χ0) is 15.6. The zero-order valence-corrected chi connectivity index (χ0v) is 12.3. The zero-order valence-electron chi connectivity index (χ0n) is 12.3. The van der Waals surface area contributed by atoms with Crippen LogP contribution in [-0.4, -0.2) is 20.8 Å². The molecule has 4 rings (SSSR count). The number of para-hydroxylation sites is 1. The first-order valence-corrected chi connectivity index (χ1v) is 7.33. The van der Waals surface area contributed by atoms with Crippen LogP contribution in [-0.2, 0) is 0 Å². The minimum absolute atomic E-state index is 0.121. The molecule has 3 aromatic carbocycles. The van der Waals surface area contributed by atoms with E-state index in [4.69, 9.17) is 0 Å². The van der Waals surface area contributed by atoms with E-state index in [1.54, 1.807) is 10.9 Å². The number of ketones is 1. The molecule has 4 aromatic rings. The Hall–Kier alpha value is -3.27. The Morgan fingerprint density at radius 1 is 0.826 bits per heavy atom. The van der Waals surface area contributed by atoms with Crippen molar-refractivity contribution in [1.82, 2.24) is 15.0 Å². The van der Waals surface area contributed by atoms with Gasteiger partial charge in [-0.3, -0.25) is 4.79 Å². The van der Waals surface area contributed by atoms with E-state index in [1.807, 2.05) is 72.8 Å². The predicted octanol–water partition coefficient (Wildman–Crippen LogP) is 3.65. The molecule has 0 unspecified atom stereocenters. The fourth-order valence-corrected chi connectivity index (χ4v) is 2.64. The molecule has 1 aromatic heterocycles. The molecule has 0 amide bonds. The summed E-state index contributed by atoms with van der Waals surface area (Å²) in [5, 5.41) is 10.1. The normalized spacial score (nSPS) is 10.8.